The second-order valence-corrected chi connectivity index (χ2v) is 17.0. The van der Waals surface area contributed by atoms with Gasteiger partial charge in [-0.1, -0.05) is 0 Å². The number of hydrogen-bond acceptors (Lipinski definition) is 1. The summed E-state index contributed by atoms with van der Waals surface area (Å²) in [5.41, 5.74) is 0. The predicted octanol–water partition coefficient (Wildman–Crippen LogP) is 2.15. The fraction of sp³-hybridized carbons (Fsp3) is 0.100. The molecule has 0 aliphatic heterocycles. The second kappa shape index (κ2) is 7.12. The van der Waals surface area contributed by atoms with Gasteiger partial charge in [0.25, 0.3) is 0 Å². The van der Waals surface area contributed by atoms with Crippen molar-refractivity contribution in [1.29, 1.82) is 0 Å². The Bertz CT molecular complexity index is 599. The zero-order valence-corrected chi connectivity index (χ0v) is 15.4. The maximum absolute atomic E-state index is 9.84. The van der Waals surface area contributed by atoms with Gasteiger partial charge in [0.05, 0.1) is 0 Å². The minimum absolute atomic E-state index is 0.231. The Labute approximate surface area is 136 Å². The molecule has 110 valence electrons. The molecule has 2 heteroatoms. The molecule has 0 spiro atoms. The van der Waals surface area contributed by atoms with E-state index >= 15 is 0 Å². The average Bonchev–Trinajstić information content (AvgIpc) is 2.62. The van der Waals surface area contributed by atoms with Gasteiger partial charge < -0.3 is 0 Å². The molecule has 0 heterocycles. The molecular weight excluding hydrogens is 375 g/mol. The Kier molecular flexibility index (Phi) is 4.96. The Morgan fingerprint density at radius 2 is 0.864 bits per heavy atom. The van der Waals surface area contributed by atoms with Gasteiger partial charge in [0.2, 0.25) is 0 Å². The summed E-state index contributed by atoms with van der Waals surface area (Å²) in [4.78, 5) is 0. The summed E-state index contributed by atoms with van der Waals surface area (Å²) in [6.45, 7) is 0.231. The Morgan fingerprint density at radius 3 is 1.14 bits per heavy atom. The molecule has 0 aliphatic rings. The first-order valence-electron chi connectivity index (χ1n) is 7.65. The van der Waals surface area contributed by atoms with Gasteiger partial charge in [0.1, 0.15) is 0 Å². The molecule has 1 nitrogen and oxygen atoms in total. The summed E-state index contributed by atoms with van der Waals surface area (Å²) in [7, 11) is 0. The summed E-state index contributed by atoms with van der Waals surface area (Å²) in [5, 5.41) is 9.84. The summed E-state index contributed by atoms with van der Waals surface area (Å²) < 4.78 is 5.13. The summed E-state index contributed by atoms with van der Waals surface area (Å²) in [5.74, 6) is 0. The van der Waals surface area contributed by atoms with Crippen LogP contribution in [0.15, 0.2) is 91.0 Å². The molecule has 3 aromatic carbocycles. The van der Waals surface area contributed by atoms with Crippen LogP contribution >= 0.6 is 0 Å². The van der Waals surface area contributed by atoms with Crippen LogP contribution in [0.4, 0.5) is 0 Å². The first kappa shape index (κ1) is 15.3. The molecule has 3 rings (SSSR count). The van der Waals surface area contributed by atoms with E-state index < -0.39 is 18.4 Å². The van der Waals surface area contributed by atoms with Crippen molar-refractivity contribution < 1.29 is 5.11 Å². The van der Waals surface area contributed by atoms with E-state index in [0.29, 0.717) is 0 Å². The van der Waals surface area contributed by atoms with Crippen molar-refractivity contribution in [2.24, 2.45) is 0 Å². The maximum atomic E-state index is 9.84. The zero-order valence-electron chi connectivity index (χ0n) is 12.5. The molecular formula is C20H20OSn. The number of hydrogen-bond donors (Lipinski definition) is 1. The van der Waals surface area contributed by atoms with Crippen LogP contribution in [-0.4, -0.2) is 30.1 Å². The molecule has 0 saturated carbocycles. The van der Waals surface area contributed by atoms with Crippen molar-refractivity contribution in [1.82, 2.24) is 0 Å². The SMILES string of the molecule is OC[CH2][Sn]([c]1ccccc1)([c]1ccccc1)[c]1ccccc1. The third-order valence-corrected chi connectivity index (χ3v) is 18.4. The molecule has 0 aromatic heterocycles. The molecule has 0 radical (unpaired) electrons. The Morgan fingerprint density at radius 1 is 0.545 bits per heavy atom. The fourth-order valence-corrected chi connectivity index (χ4v) is 16.1. The number of aliphatic hydroxyl groups is 1. The van der Waals surface area contributed by atoms with E-state index in [9.17, 15) is 5.11 Å². The average molecular weight is 395 g/mol. The summed E-state index contributed by atoms with van der Waals surface area (Å²) in [6, 6.07) is 32.3. The van der Waals surface area contributed by atoms with Crippen LogP contribution in [0.1, 0.15) is 0 Å². The van der Waals surface area contributed by atoms with Crippen LogP contribution in [0.25, 0.3) is 0 Å². The Hall–Kier alpha value is -1.58. The number of rotatable bonds is 5. The van der Waals surface area contributed by atoms with Gasteiger partial charge in [0.15, 0.2) is 0 Å². The van der Waals surface area contributed by atoms with E-state index in [1.165, 1.54) is 10.7 Å². The monoisotopic (exact) mass is 396 g/mol. The third-order valence-electron chi connectivity index (χ3n) is 4.29. The first-order chi connectivity index (χ1) is 10.9. The molecule has 0 atom stereocenters. The second-order valence-electron chi connectivity index (χ2n) is 5.48. The van der Waals surface area contributed by atoms with Crippen molar-refractivity contribution in [3.05, 3.63) is 91.0 Å². The molecule has 0 fully saturated rings. The van der Waals surface area contributed by atoms with Crippen LogP contribution in [0.3, 0.4) is 0 Å². The van der Waals surface area contributed by atoms with Crippen molar-refractivity contribution in [3.63, 3.8) is 0 Å². The van der Waals surface area contributed by atoms with Crippen molar-refractivity contribution in [2.75, 3.05) is 6.61 Å². The van der Waals surface area contributed by atoms with Gasteiger partial charge in [-0.3, -0.25) is 0 Å². The van der Waals surface area contributed by atoms with Crippen LogP contribution in [0.5, 0.6) is 0 Å². The van der Waals surface area contributed by atoms with Crippen LogP contribution < -0.4 is 10.7 Å². The predicted molar refractivity (Wildman–Crippen MR) is 95.9 cm³/mol. The van der Waals surface area contributed by atoms with Crippen LogP contribution in [0, 0.1) is 0 Å². The van der Waals surface area contributed by atoms with E-state index in [0.717, 1.165) is 4.44 Å². The molecule has 0 amide bonds. The zero-order chi connectivity index (χ0) is 15.3. The number of aliphatic hydroxyl groups excluding tert-OH is 1. The van der Waals surface area contributed by atoms with Crippen LogP contribution in [-0.2, 0) is 0 Å². The van der Waals surface area contributed by atoms with Gasteiger partial charge in [0, 0.05) is 0 Å². The van der Waals surface area contributed by atoms with Gasteiger partial charge >= 0.3 is 136 Å². The number of benzene rings is 3. The topological polar surface area (TPSA) is 20.2 Å². The summed E-state index contributed by atoms with van der Waals surface area (Å²) >= 11 is -3.12. The van der Waals surface area contributed by atoms with Crippen molar-refractivity contribution in [3.8, 4) is 0 Å². The van der Waals surface area contributed by atoms with E-state index in [1.807, 2.05) is 0 Å². The van der Waals surface area contributed by atoms with Crippen LogP contribution in [0.2, 0.25) is 4.44 Å². The Balaban J connectivity index is 2.29. The quantitative estimate of drug-likeness (QED) is 0.657. The van der Waals surface area contributed by atoms with Gasteiger partial charge in [-0.2, -0.15) is 0 Å². The summed E-state index contributed by atoms with van der Waals surface area (Å²) in [6.07, 6.45) is 0. The van der Waals surface area contributed by atoms with Crippen molar-refractivity contribution >= 4 is 29.1 Å². The molecule has 0 saturated heterocycles. The van der Waals surface area contributed by atoms with Gasteiger partial charge in [-0.05, 0) is 0 Å². The molecule has 0 unspecified atom stereocenters. The fourth-order valence-electron chi connectivity index (χ4n) is 3.27. The third kappa shape index (κ3) is 2.83. The molecule has 22 heavy (non-hydrogen) atoms. The van der Waals surface area contributed by atoms with E-state index in [-0.39, 0.29) is 6.61 Å². The standard InChI is InChI=1S/3C6H5.C2H5O.Sn/c3*1-2-4-6-5-3-1;1-2-3;/h3*1-5H;3H,1-2H2;. The molecule has 3 aromatic rings. The van der Waals surface area contributed by atoms with Crippen molar-refractivity contribution in [2.45, 2.75) is 4.44 Å². The minimum atomic E-state index is -3.12. The molecule has 1 N–H and O–H groups in total. The first-order valence-corrected chi connectivity index (χ1v) is 14.0. The van der Waals surface area contributed by atoms with E-state index in [2.05, 4.69) is 91.0 Å². The van der Waals surface area contributed by atoms with E-state index in [4.69, 9.17) is 0 Å². The van der Waals surface area contributed by atoms with Gasteiger partial charge in [-0.25, -0.2) is 0 Å². The van der Waals surface area contributed by atoms with E-state index in [1.54, 1.807) is 0 Å². The van der Waals surface area contributed by atoms with Gasteiger partial charge in [-0.15, -0.1) is 0 Å². The normalized spacial score (nSPS) is 11.3. The molecule has 0 bridgehead atoms. The molecule has 0 aliphatic carbocycles.